The first kappa shape index (κ1) is 20.0. The monoisotopic (exact) mass is 404 g/mol. The lowest BCUT2D eigenvalue weighted by molar-refractivity contribution is -0.889. The van der Waals surface area contributed by atoms with Gasteiger partial charge in [0.05, 0.1) is 31.2 Å². The van der Waals surface area contributed by atoms with E-state index in [1.54, 1.807) is 19.1 Å². The van der Waals surface area contributed by atoms with Crippen molar-refractivity contribution in [1.82, 2.24) is 10.6 Å². The average molecular weight is 405 g/mol. The molecule has 2 amide bonds. The number of carbonyl (C=O) groups is 2. The number of ether oxygens (including phenoxy) is 1. The van der Waals surface area contributed by atoms with Crippen molar-refractivity contribution in [1.29, 1.82) is 0 Å². The van der Waals surface area contributed by atoms with Gasteiger partial charge in [-0.25, -0.2) is 9.59 Å². The third kappa shape index (κ3) is 4.74. The third-order valence-corrected chi connectivity index (χ3v) is 4.59. The molecule has 0 spiro atoms. The molecule has 2 heterocycles. The fraction of sp³-hybridized carbons (Fsp3) is 0.300. The van der Waals surface area contributed by atoms with E-state index < -0.39 is 12.0 Å². The highest BCUT2D eigenvalue weighted by atomic mass is 35.5. The Morgan fingerprint density at radius 3 is 2.79 bits per heavy atom. The summed E-state index contributed by atoms with van der Waals surface area (Å²) in [6, 6.07) is 9.95. The molecular weight excluding hydrogens is 382 g/mol. The van der Waals surface area contributed by atoms with Gasteiger partial charge in [0.25, 0.3) is 0 Å². The van der Waals surface area contributed by atoms with Gasteiger partial charge in [-0.2, -0.15) is 0 Å². The summed E-state index contributed by atoms with van der Waals surface area (Å²) < 4.78 is 10.7. The molecule has 2 aromatic rings. The molecule has 1 aromatic carbocycles. The van der Waals surface area contributed by atoms with Crippen molar-refractivity contribution in [2.45, 2.75) is 19.5 Å². The molecule has 0 bridgehead atoms. The molecule has 1 aliphatic rings. The predicted molar refractivity (Wildman–Crippen MR) is 104 cm³/mol. The number of hydrogen-bond acceptors (Lipinski definition) is 4. The lowest BCUT2D eigenvalue weighted by Gasteiger charge is -2.28. The Bertz CT molecular complexity index is 879. The van der Waals surface area contributed by atoms with Crippen molar-refractivity contribution >= 4 is 23.6 Å². The van der Waals surface area contributed by atoms with Gasteiger partial charge in [-0.3, -0.25) is 0 Å². The molecular formula is C20H23ClN3O4+. The van der Waals surface area contributed by atoms with Crippen LogP contribution in [0, 0.1) is 0 Å². The van der Waals surface area contributed by atoms with E-state index in [0.717, 1.165) is 10.5 Å². The number of amides is 2. The summed E-state index contributed by atoms with van der Waals surface area (Å²) in [5.74, 6) is -0.00940. The van der Waals surface area contributed by atoms with Gasteiger partial charge in [0.2, 0.25) is 0 Å². The van der Waals surface area contributed by atoms with E-state index >= 15 is 0 Å². The zero-order valence-electron chi connectivity index (χ0n) is 15.8. The van der Waals surface area contributed by atoms with E-state index in [4.69, 9.17) is 20.8 Å². The van der Waals surface area contributed by atoms with Gasteiger partial charge < -0.3 is 24.7 Å². The highest BCUT2D eigenvalue weighted by Gasteiger charge is 2.36. The maximum atomic E-state index is 12.7. The van der Waals surface area contributed by atoms with E-state index in [2.05, 4.69) is 10.6 Å². The largest absolute Gasteiger partial charge is 0.467 e. The smallest absolute Gasteiger partial charge is 0.338 e. The first-order valence-electron chi connectivity index (χ1n) is 9.04. The van der Waals surface area contributed by atoms with Crippen LogP contribution < -0.4 is 15.5 Å². The van der Waals surface area contributed by atoms with Gasteiger partial charge in [-0.05, 0) is 31.2 Å². The zero-order chi connectivity index (χ0) is 20.1. The highest BCUT2D eigenvalue weighted by Crippen LogP contribution is 2.27. The molecule has 0 saturated heterocycles. The summed E-state index contributed by atoms with van der Waals surface area (Å²) in [4.78, 5) is 25.9. The van der Waals surface area contributed by atoms with Crippen LogP contribution in [0.5, 0.6) is 0 Å². The molecule has 3 N–H and O–H groups in total. The number of carbonyl (C=O) groups excluding carboxylic acids is 2. The number of esters is 1. The number of likely N-dealkylation sites (N-methyl/N-ethyl adjacent to an activating group) is 1. The van der Waals surface area contributed by atoms with Gasteiger partial charge in [0.1, 0.15) is 24.9 Å². The number of quaternary nitrogens is 1. The number of urea groups is 1. The lowest BCUT2D eigenvalue weighted by atomic mass is 10.00. The van der Waals surface area contributed by atoms with Gasteiger partial charge in [-0.1, -0.05) is 23.7 Å². The van der Waals surface area contributed by atoms with Crippen LogP contribution in [0.25, 0.3) is 0 Å². The van der Waals surface area contributed by atoms with E-state index in [1.807, 2.05) is 31.3 Å². The summed E-state index contributed by atoms with van der Waals surface area (Å²) in [5.41, 5.74) is 1.93. The van der Waals surface area contributed by atoms with Crippen molar-refractivity contribution in [3.8, 4) is 0 Å². The van der Waals surface area contributed by atoms with E-state index in [-0.39, 0.29) is 12.6 Å². The summed E-state index contributed by atoms with van der Waals surface area (Å²) in [7, 11) is 1.98. The molecule has 7 nitrogen and oxygen atoms in total. The molecule has 1 aliphatic heterocycles. The number of rotatable bonds is 7. The minimum Gasteiger partial charge on any atom is -0.467 e. The molecule has 28 heavy (non-hydrogen) atoms. The molecule has 8 heteroatoms. The van der Waals surface area contributed by atoms with Crippen molar-refractivity contribution in [3.63, 3.8) is 0 Å². The highest BCUT2D eigenvalue weighted by molar-refractivity contribution is 6.30. The Hall–Kier alpha value is -2.77. The Kier molecular flexibility index (Phi) is 6.38. The van der Waals surface area contributed by atoms with Gasteiger partial charge in [0.15, 0.2) is 0 Å². The fourth-order valence-corrected chi connectivity index (χ4v) is 3.45. The normalized spacial score (nSPS) is 17.7. The quantitative estimate of drug-likeness (QED) is 0.614. The Labute approximate surface area is 168 Å². The molecule has 1 aromatic heterocycles. The minimum absolute atomic E-state index is 0.236. The first-order valence-corrected chi connectivity index (χ1v) is 9.42. The summed E-state index contributed by atoms with van der Waals surface area (Å²) in [6.45, 7) is 3.07. The number of nitrogens with one attached hydrogen (secondary N) is 3. The second-order valence-electron chi connectivity index (χ2n) is 6.60. The standard InChI is InChI=1S/C20H22ClN3O4/c1-3-27-19(25)17-15(12-24(2)11-13-6-4-7-14(21)10-13)22-20(26)23-18(17)16-8-5-9-28-16/h4-10,18H,3,11-12H2,1-2H3,(H2,22,23,26)/p+1/t18-/m1/s1. The number of benzene rings is 1. The average Bonchev–Trinajstić information content (AvgIpc) is 3.15. The molecule has 0 saturated carbocycles. The molecule has 0 fully saturated rings. The summed E-state index contributed by atoms with van der Waals surface area (Å²) in [5, 5.41) is 6.18. The Morgan fingerprint density at radius 2 is 2.11 bits per heavy atom. The number of halogens is 1. The molecule has 0 aliphatic carbocycles. The van der Waals surface area contributed by atoms with Crippen molar-refractivity contribution in [2.24, 2.45) is 0 Å². The van der Waals surface area contributed by atoms with Crippen molar-refractivity contribution in [3.05, 3.63) is 70.3 Å². The number of hydrogen-bond donors (Lipinski definition) is 3. The van der Waals surface area contributed by atoms with Crippen LogP contribution in [0.4, 0.5) is 4.79 Å². The summed E-state index contributed by atoms with van der Waals surface area (Å²) >= 11 is 6.06. The Balaban J connectivity index is 1.89. The van der Waals surface area contributed by atoms with E-state index in [9.17, 15) is 9.59 Å². The molecule has 3 rings (SSSR count). The zero-order valence-corrected chi connectivity index (χ0v) is 16.5. The van der Waals surface area contributed by atoms with E-state index in [1.165, 1.54) is 6.26 Å². The van der Waals surface area contributed by atoms with Gasteiger partial charge >= 0.3 is 12.0 Å². The maximum Gasteiger partial charge on any atom is 0.338 e. The second-order valence-corrected chi connectivity index (χ2v) is 7.04. The van der Waals surface area contributed by atoms with Crippen LogP contribution in [0.2, 0.25) is 5.02 Å². The predicted octanol–water partition coefficient (Wildman–Crippen LogP) is 1.82. The van der Waals surface area contributed by atoms with Crippen LogP contribution in [0.15, 0.2) is 58.3 Å². The summed E-state index contributed by atoms with van der Waals surface area (Å²) in [6.07, 6.45) is 1.50. The molecule has 148 valence electrons. The Morgan fingerprint density at radius 1 is 1.29 bits per heavy atom. The van der Waals surface area contributed by atoms with Gasteiger partial charge in [0, 0.05) is 10.6 Å². The van der Waals surface area contributed by atoms with Crippen molar-refractivity contribution < 1.29 is 23.6 Å². The van der Waals surface area contributed by atoms with Gasteiger partial charge in [-0.15, -0.1) is 0 Å². The van der Waals surface area contributed by atoms with E-state index in [0.29, 0.717) is 35.1 Å². The topological polar surface area (TPSA) is 85.0 Å². The molecule has 0 radical (unpaired) electrons. The molecule has 2 atom stereocenters. The third-order valence-electron chi connectivity index (χ3n) is 4.35. The van der Waals surface area contributed by atoms with Crippen molar-refractivity contribution in [2.75, 3.05) is 20.2 Å². The maximum absolute atomic E-state index is 12.7. The van der Waals surface area contributed by atoms with Crippen LogP contribution in [-0.4, -0.2) is 32.2 Å². The molecule has 1 unspecified atom stereocenters. The second kappa shape index (κ2) is 8.95. The first-order chi connectivity index (χ1) is 13.5. The fourth-order valence-electron chi connectivity index (χ4n) is 3.24. The van der Waals surface area contributed by atoms with Crippen LogP contribution in [-0.2, 0) is 16.1 Å². The van der Waals surface area contributed by atoms with Crippen LogP contribution in [0.3, 0.4) is 0 Å². The number of furan rings is 1. The van der Waals surface area contributed by atoms with Crippen LogP contribution >= 0.6 is 11.6 Å². The lowest BCUT2D eigenvalue weighted by Crippen LogP contribution is -3.08. The minimum atomic E-state index is -0.697. The van der Waals surface area contributed by atoms with Crippen LogP contribution in [0.1, 0.15) is 24.3 Å². The SMILES string of the molecule is CCOC(=O)C1=C(C[NH+](C)Cc2cccc(Cl)c2)NC(=O)N[C@@H]1c1ccco1.